The summed E-state index contributed by atoms with van der Waals surface area (Å²) in [5, 5.41) is 0.394. The van der Waals surface area contributed by atoms with Crippen molar-refractivity contribution in [2.75, 3.05) is 25.2 Å². The summed E-state index contributed by atoms with van der Waals surface area (Å²) in [6.45, 7) is 2.64. The third-order valence-electron chi connectivity index (χ3n) is 6.19. The molecule has 1 aromatic carbocycles. The molecule has 0 aliphatic heterocycles. The Labute approximate surface area is 223 Å². The first kappa shape index (κ1) is 28.1. The van der Waals surface area contributed by atoms with E-state index >= 15 is 0 Å². The van der Waals surface area contributed by atoms with Gasteiger partial charge in [0.1, 0.15) is 0 Å². The molecular formula is C27H34Cl2N2O5. The Hall–Kier alpha value is -2.51. The Morgan fingerprint density at radius 2 is 1.72 bits per heavy atom. The minimum atomic E-state index is -0.309. The van der Waals surface area contributed by atoms with Crippen LogP contribution in [0.5, 0.6) is 11.5 Å². The number of unbranched alkanes of at least 4 members (excludes halogenated alkanes) is 3. The van der Waals surface area contributed by atoms with Crippen LogP contribution in [-0.2, 0) is 9.53 Å². The SMILES string of the molecule is CCOC(=O)CCCCCCN(C(=O)c1c(Cl)cncc1Cl)c1ccc(OC)c(OC2CCCC2)c1. The third-order valence-corrected chi connectivity index (χ3v) is 6.76. The molecule has 1 aromatic heterocycles. The van der Waals surface area contributed by atoms with Crippen LogP contribution in [0.2, 0.25) is 10.0 Å². The van der Waals surface area contributed by atoms with Crippen molar-refractivity contribution in [3.63, 3.8) is 0 Å². The molecule has 0 spiro atoms. The molecule has 1 heterocycles. The van der Waals surface area contributed by atoms with Gasteiger partial charge in [0.05, 0.1) is 35.4 Å². The number of hydrogen-bond donors (Lipinski definition) is 0. The van der Waals surface area contributed by atoms with Crippen LogP contribution in [0.3, 0.4) is 0 Å². The highest BCUT2D eigenvalue weighted by molar-refractivity contribution is 6.40. The first-order valence-corrected chi connectivity index (χ1v) is 13.3. The lowest BCUT2D eigenvalue weighted by Gasteiger charge is -2.25. The second-order valence-corrected chi connectivity index (χ2v) is 9.58. The van der Waals surface area contributed by atoms with Crippen LogP contribution in [0.4, 0.5) is 5.69 Å². The topological polar surface area (TPSA) is 78.0 Å². The van der Waals surface area contributed by atoms with E-state index in [0.717, 1.165) is 51.4 Å². The minimum absolute atomic E-state index is 0.141. The second-order valence-electron chi connectivity index (χ2n) is 8.76. The number of methoxy groups -OCH3 is 1. The summed E-state index contributed by atoms with van der Waals surface area (Å²) in [5.41, 5.74) is 0.883. The normalized spacial score (nSPS) is 13.4. The number of rotatable bonds is 13. The lowest BCUT2D eigenvalue weighted by atomic mass is 10.1. The Kier molecular flexibility index (Phi) is 11.1. The number of hydrogen-bond acceptors (Lipinski definition) is 6. The lowest BCUT2D eigenvalue weighted by Crippen LogP contribution is -2.32. The number of esters is 1. The van der Waals surface area contributed by atoms with Gasteiger partial charge >= 0.3 is 5.97 Å². The summed E-state index contributed by atoms with van der Waals surface area (Å²) in [5.74, 6) is 0.748. The zero-order chi connectivity index (χ0) is 25.9. The van der Waals surface area contributed by atoms with Gasteiger partial charge in [-0.1, -0.05) is 36.0 Å². The van der Waals surface area contributed by atoms with Crippen LogP contribution in [0.15, 0.2) is 30.6 Å². The summed E-state index contributed by atoms with van der Waals surface area (Å²) < 4.78 is 16.8. The maximum Gasteiger partial charge on any atom is 0.305 e. The number of halogens is 2. The first-order valence-electron chi connectivity index (χ1n) is 12.6. The first-order chi connectivity index (χ1) is 17.4. The van der Waals surface area contributed by atoms with Gasteiger partial charge in [-0.15, -0.1) is 0 Å². The molecule has 9 heteroatoms. The third kappa shape index (κ3) is 7.74. The number of carbonyl (C=O) groups excluding carboxylic acids is 2. The molecule has 3 rings (SSSR count). The molecule has 0 unspecified atom stereocenters. The molecule has 1 amide bonds. The smallest absolute Gasteiger partial charge is 0.305 e. The van der Waals surface area contributed by atoms with Gasteiger partial charge in [-0.3, -0.25) is 14.6 Å². The van der Waals surface area contributed by atoms with E-state index in [1.165, 1.54) is 12.4 Å². The monoisotopic (exact) mass is 536 g/mol. The van der Waals surface area contributed by atoms with Gasteiger partial charge in [-0.05, 0) is 57.6 Å². The molecule has 0 bridgehead atoms. The van der Waals surface area contributed by atoms with Crippen molar-refractivity contribution in [1.29, 1.82) is 0 Å². The number of ether oxygens (including phenoxy) is 3. The number of anilines is 1. The van der Waals surface area contributed by atoms with Gasteiger partial charge < -0.3 is 19.1 Å². The summed E-state index contributed by atoms with van der Waals surface area (Å²) >= 11 is 12.6. The Morgan fingerprint density at radius 3 is 2.39 bits per heavy atom. The van der Waals surface area contributed by atoms with E-state index in [2.05, 4.69) is 4.98 Å². The van der Waals surface area contributed by atoms with Crippen LogP contribution in [0.25, 0.3) is 0 Å². The Bertz CT molecular complexity index is 1010. The maximum absolute atomic E-state index is 13.7. The van der Waals surface area contributed by atoms with Crippen LogP contribution < -0.4 is 14.4 Å². The van der Waals surface area contributed by atoms with E-state index in [-0.39, 0.29) is 33.6 Å². The number of nitrogens with zero attached hydrogens (tertiary/aromatic N) is 2. The largest absolute Gasteiger partial charge is 0.493 e. The van der Waals surface area contributed by atoms with Gasteiger partial charge in [0, 0.05) is 37.1 Å². The Balaban J connectivity index is 1.78. The molecule has 0 atom stereocenters. The quantitative estimate of drug-likeness (QED) is 0.205. The molecule has 0 N–H and O–H groups in total. The summed E-state index contributed by atoms with van der Waals surface area (Å²) in [4.78, 5) is 30.9. The highest BCUT2D eigenvalue weighted by atomic mass is 35.5. The van der Waals surface area contributed by atoms with E-state index in [1.54, 1.807) is 18.9 Å². The fourth-order valence-electron chi connectivity index (χ4n) is 4.34. The summed E-state index contributed by atoms with van der Waals surface area (Å²) in [6.07, 6.45) is 10.9. The molecule has 0 saturated heterocycles. The van der Waals surface area contributed by atoms with E-state index in [4.69, 9.17) is 37.4 Å². The highest BCUT2D eigenvalue weighted by Crippen LogP contribution is 2.36. The van der Waals surface area contributed by atoms with Crippen LogP contribution in [0, 0.1) is 0 Å². The number of benzene rings is 1. The van der Waals surface area contributed by atoms with Gasteiger partial charge in [0.2, 0.25) is 0 Å². The van der Waals surface area contributed by atoms with E-state index in [0.29, 0.717) is 36.8 Å². The maximum atomic E-state index is 13.7. The molecular weight excluding hydrogens is 503 g/mol. The minimum Gasteiger partial charge on any atom is -0.493 e. The fraction of sp³-hybridized carbons (Fsp3) is 0.519. The van der Waals surface area contributed by atoms with Crippen molar-refractivity contribution in [3.8, 4) is 11.5 Å². The van der Waals surface area contributed by atoms with Crippen molar-refractivity contribution >= 4 is 40.8 Å². The summed E-state index contributed by atoms with van der Waals surface area (Å²) in [7, 11) is 1.60. The molecule has 1 aliphatic rings. The predicted molar refractivity (Wildman–Crippen MR) is 142 cm³/mol. The highest BCUT2D eigenvalue weighted by Gasteiger charge is 2.25. The number of pyridine rings is 1. The standard InChI is InChI=1S/C27H34Cl2N2O5/c1-3-35-25(32)12-6-4-5-9-15-31(27(33)26-21(28)17-30-18-22(26)29)19-13-14-23(34-2)24(16-19)36-20-10-7-8-11-20/h13-14,16-18,20H,3-12,15H2,1-2H3. The fourth-order valence-corrected chi connectivity index (χ4v) is 4.86. The van der Waals surface area contributed by atoms with Crippen molar-refractivity contribution in [3.05, 3.63) is 46.2 Å². The van der Waals surface area contributed by atoms with Gasteiger partial charge in [-0.25, -0.2) is 0 Å². The van der Waals surface area contributed by atoms with Crippen molar-refractivity contribution in [2.45, 2.75) is 70.8 Å². The second kappa shape index (κ2) is 14.3. The molecule has 7 nitrogen and oxygen atoms in total. The van der Waals surface area contributed by atoms with Crippen molar-refractivity contribution in [1.82, 2.24) is 4.98 Å². The predicted octanol–water partition coefficient (Wildman–Crippen LogP) is 6.88. The van der Waals surface area contributed by atoms with Crippen LogP contribution >= 0.6 is 23.2 Å². The Morgan fingerprint density at radius 1 is 1.03 bits per heavy atom. The average Bonchev–Trinajstić information content (AvgIpc) is 3.36. The molecule has 2 aromatic rings. The summed E-state index contributed by atoms with van der Waals surface area (Å²) in [6, 6.07) is 5.50. The van der Waals surface area contributed by atoms with Crippen molar-refractivity contribution in [2.24, 2.45) is 0 Å². The van der Waals surface area contributed by atoms with Gasteiger partial charge in [0.25, 0.3) is 5.91 Å². The van der Waals surface area contributed by atoms with Gasteiger partial charge in [-0.2, -0.15) is 0 Å². The molecule has 36 heavy (non-hydrogen) atoms. The van der Waals surface area contributed by atoms with E-state index in [9.17, 15) is 9.59 Å². The lowest BCUT2D eigenvalue weighted by molar-refractivity contribution is -0.143. The molecule has 0 radical (unpaired) electrons. The zero-order valence-electron chi connectivity index (χ0n) is 20.9. The van der Waals surface area contributed by atoms with Crippen LogP contribution in [-0.4, -0.2) is 43.2 Å². The van der Waals surface area contributed by atoms with Gasteiger partial charge in [0.15, 0.2) is 11.5 Å². The molecule has 1 saturated carbocycles. The zero-order valence-corrected chi connectivity index (χ0v) is 22.4. The molecule has 1 aliphatic carbocycles. The number of amides is 1. The molecule has 1 fully saturated rings. The number of carbonyl (C=O) groups is 2. The van der Waals surface area contributed by atoms with Crippen molar-refractivity contribution < 1.29 is 23.8 Å². The molecule has 196 valence electrons. The van der Waals surface area contributed by atoms with Crippen LogP contribution in [0.1, 0.15) is 75.1 Å². The van der Waals surface area contributed by atoms with E-state index in [1.807, 2.05) is 18.2 Å². The van der Waals surface area contributed by atoms with E-state index < -0.39 is 0 Å². The average molecular weight is 537 g/mol. The number of aromatic nitrogens is 1.